The Morgan fingerprint density at radius 2 is 1.85 bits per heavy atom. The van der Waals surface area contributed by atoms with E-state index in [0.29, 0.717) is 5.41 Å². The smallest absolute Gasteiger partial charge is 0.408 e. The molecule has 2 N–H and O–H groups in total. The number of fused-ring (bicyclic) bond motifs is 4. The van der Waals surface area contributed by atoms with Crippen LogP contribution in [0.4, 0.5) is 4.79 Å². The summed E-state index contributed by atoms with van der Waals surface area (Å²) in [5.74, 6) is 0. The molecule has 6 heteroatoms. The number of hydrogen-bond donors (Lipinski definition) is 2. The van der Waals surface area contributed by atoms with E-state index in [1.54, 1.807) is 4.90 Å². The Balaban J connectivity index is 1.54. The van der Waals surface area contributed by atoms with E-state index in [1.165, 1.54) is 17.0 Å². The highest BCUT2D eigenvalue weighted by Gasteiger charge is 2.55. The topological polar surface area (TPSA) is 70.4 Å². The summed E-state index contributed by atoms with van der Waals surface area (Å²) in [5.41, 5.74) is 3.75. The molecular formula is C21H34N4O2. The molecule has 0 unspecified atom stereocenters. The average molecular weight is 375 g/mol. The van der Waals surface area contributed by atoms with Gasteiger partial charge in [0.05, 0.1) is 5.69 Å². The Labute approximate surface area is 162 Å². The Hall–Kier alpha value is -1.56. The van der Waals surface area contributed by atoms with E-state index in [0.717, 1.165) is 64.6 Å². The Morgan fingerprint density at radius 1 is 1.22 bits per heavy atom. The predicted octanol–water partition coefficient (Wildman–Crippen LogP) is 3.71. The number of nitrogens with one attached hydrogen (secondary N) is 1. The maximum atomic E-state index is 12.1. The van der Waals surface area contributed by atoms with Gasteiger partial charge in [-0.05, 0) is 71.6 Å². The quantitative estimate of drug-likeness (QED) is 0.846. The van der Waals surface area contributed by atoms with Crippen molar-refractivity contribution in [2.45, 2.75) is 96.8 Å². The molecule has 1 aliphatic heterocycles. The van der Waals surface area contributed by atoms with E-state index in [-0.39, 0.29) is 11.1 Å². The van der Waals surface area contributed by atoms with Gasteiger partial charge in [0.1, 0.15) is 0 Å². The van der Waals surface area contributed by atoms with Crippen LogP contribution >= 0.6 is 0 Å². The fourth-order valence-corrected chi connectivity index (χ4v) is 6.06. The molecular weight excluding hydrogens is 340 g/mol. The molecule has 0 aromatic carbocycles. The van der Waals surface area contributed by atoms with E-state index in [1.807, 2.05) is 20.8 Å². The van der Waals surface area contributed by atoms with Gasteiger partial charge in [0.2, 0.25) is 0 Å². The number of aryl methyl sites for hydroxylation is 1. The van der Waals surface area contributed by atoms with E-state index in [4.69, 9.17) is 5.10 Å². The summed E-state index contributed by atoms with van der Waals surface area (Å²) in [6.45, 7) is 11.2. The molecule has 0 saturated heterocycles. The molecule has 6 nitrogen and oxygen atoms in total. The molecule has 0 radical (unpaired) electrons. The van der Waals surface area contributed by atoms with E-state index in [9.17, 15) is 9.90 Å². The van der Waals surface area contributed by atoms with Crippen LogP contribution in [-0.2, 0) is 19.5 Å². The van der Waals surface area contributed by atoms with Crippen molar-refractivity contribution in [2.75, 3.05) is 6.54 Å². The molecule has 0 spiro atoms. The first kappa shape index (κ1) is 18.8. The largest absolute Gasteiger partial charge is 0.465 e. The van der Waals surface area contributed by atoms with Gasteiger partial charge in [-0.15, -0.1) is 0 Å². The Kier molecular flexibility index (Phi) is 4.33. The first-order chi connectivity index (χ1) is 12.7. The third-order valence-electron chi connectivity index (χ3n) is 7.39. The fraction of sp³-hybridized carbons (Fsp3) is 0.810. The lowest BCUT2D eigenvalue weighted by Gasteiger charge is -2.59. The van der Waals surface area contributed by atoms with Crippen molar-refractivity contribution in [3.63, 3.8) is 0 Å². The average Bonchev–Trinajstić information content (AvgIpc) is 2.91. The van der Waals surface area contributed by atoms with E-state index >= 15 is 0 Å². The van der Waals surface area contributed by atoms with Crippen molar-refractivity contribution < 1.29 is 9.90 Å². The molecule has 0 atom stereocenters. The van der Waals surface area contributed by atoms with E-state index in [2.05, 4.69) is 16.9 Å². The molecule has 1 aromatic heterocycles. The highest BCUT2D eigenvalue weighted by molar-refractivity contribution is 5.67. The lowest BCUT2D eigenvalue weighted by Crippen LogP contribution is -2.64. The Bertz CT molecular complexity index is 722. The van der Waals surface area contributed by atoms with Crippen LogP contribution in [-0.4, -0.2) is 43.5 Å². The van der Waals surface area contributed by atoms with Gasteiger partial charge in [-0.2, -0.15) is 5.10 Å². The second kappa shape index (κ2) is 6.23. The minimum atomic E-state index is -0.763. The molecule has 1 aromatic rings. The minimum absolute atomic E-state index is 0.171. The summed E-state index contributed by atoms with van der Waals surface area (Å²) in [6, 6.07) is 0. The molecule has 150 valence electrons. The van der Waals surface area contributed by atoms with Crippen LogP contribution in [0.1, 0.15) is 76.2 Å². The molecule has 5 rings (SSSR count). The minimum Gasteiger partial charge on any atom is -0.465 e. The number of hydrogen-bond acceptors (Lipinski definition) is 3. The zero-order valence-electron chi connectivity index (χ0n) is 17.3. The van der Waals surface area contributed by atoms with Crippen LogP contribution in [0.3, 0.4) is 0 Å². The van der Waals surface area contributed by atoms with Crippen molar-refractivity contribution in [3.8, 4) is 0 Å². The van der Waals surface area contributed by atoms with Crippen molar-refractivity contribution in [1.29, 1.82) is 0 Å². The van der Waals surface area contributed by atoms with Gasteiger partial charge in [0.25, 0.3) is 0 Å². The van der Waals surface area contributed by atoms with Gasteiger partial charge >= 0.3 is 6.09 Å². The highest BCUT2D eigenvalue weighted by atomic mass is 16.4. The highest BCUT2D eigenvalue weighted by Crippen LogP contribution is 2.56. The van der Waals surface area contributed by atoms with Gasteiger partial charge in [-0.1, -0.05) is 0 Å². The molecule has 4 aliphatic rings. The number of amides is 1. The fourth-order valence-electron chi connectivity index (χ4n) is 6.06. The van der Waals surface area contributed by atoms with Crippen molar-refractivity contribution in [2.24, 2.45) is 5.41 Å². The number of rotatable bonds is 3. The molecule has 2 bridgehead atoms. The summed E-state index contributed by atoms with van der Waals surface area (Å²) in [7, 11) is 0. The second-order valence-electron chi connectivity index (χ2n) is 10.1. The van der Waals surface area contributed by atoms with Crippen LogP contribution in [0, 0.1) is 12.3 Å². The van der Waals surface area contributed by atoms with Gasteiger partial charge < -0.3 is 10.4 Å². The second-order valence-corrected chi connectivity index (χ2v) is 10.1. The normalized spacial score (nSPS) is 30.2. The zero-order valence-corrected chi connectivity index (χ0v) is 17.3. The molecule has 2 heterocycles. The van der Waals surface area contributed by atoms with Gasteiger partial charge in [0.15, 0.2) is 0 Å². The number of carbonyl (C=O) groups is 1. The molecule has 3 fully saturated rings. The summed E-state index contributed by atoms with van der Waals surface area (Å²) in [4.78, 5) is 13.8. The van der Waals surface area contributed by atoms with E-state index < -0.39 is 6.09 Å². The zero-order chi connectivity index (χ0) is 19.4. The van der Waals surface area contributed by atoms with Gasteiger partial charge in [0, 0.05) is 48.4 Å². The maximum absolute atomic E-state index is 12.1. The summed E-state index contributed by atoms with van der Waals surface area (Å²) >= 11 is 0. The monoisotopic (exact) mass is 374 g/mol. The summed E-state index contributed by atoms with van der Waals surface area (Å²) in [5, 5.41) is 18.3. The van der Waals surface area contributed by atoms with Crippen LogP contribution in [0.15, 0.2) is 0 Å². The summed E-state index contributed by atoms with van der Waals surface area (Å²) in [6.07, 6.45) is 6.59. The van der Waals surface area contributed by atoms with Crippen LogP contribution in [0.25, 0.3) is 0 Å². The number of carboxylic acid groups (broad SMARTS) is 1. The van der Waals surface area contributed by atoms with Crippen molar-refractivity contribution >= 4 is 6.09 Å². The van der Waals surface area contributed by atoms with Gasteiger partial charge in [-0.25, -0.2) is 4.79 Å². The molecule has 3 saturated carbocycles. The number of aromatic nitrogens is 2. The summed E-state index contributed by atoms with van der Waals surface area (Å²) < 4.78 is 2.29. The van der Waals surface area contributed by atoms with Crippen LogP contribution in [0.2, 0.25) is 0 Å². The van der Waals surface area contributed by atoms with Crippen LogP contribution < -0.4 is 5.32 Å². The standard InChI is InChI=1S/C21H34N4O2/c1-15-16-13-22-12-5-17(16)24(23-15)14-20-6-9-21(10-7-20,11-8-20)25(18(26)27)19(2,3)4/h22H,5-14H2,1-4H3,(H,26,27). The lowest BCUT2D eigenvalue weighted by molar-refractivity contribution is -0.0816. The molecule has 27 heavy (non-hydrogen) atoms. The third kappa shape index (κ3) is 3.06. The third-order valence-corrected chi connectivity index (χ3v) is 7.39. The molecule has 1 amide bonds. The maximum Gasteiger partial charge on any atom is 0.408 e. The molecule has 3 aliphatic carbocycles. The van der Waals surface area contributed by atoms with Crippen molar-refractivity contribution in [3.05, 3.63) is 17.0 Å². The van der Waals surface area contributed by atoms with Crippen molar-refractivity contribution in [1.82, 2.24) is 20.0 Å². The first-order valence-corrected chi connectivity index (χ1v) is 10.5. The van der Waals surface area contributed by atoms with Crippen LogP contribution in [0.5, 0.6) is 0 Å². The lowest BCUT2D eigenvalue weighted by atomic mass is 9.56. The number of nitrogens with zero attached hydrogens (tertiary/aromatic N) is 3. The van der Waals surface area contributed by atoms with Gasteiger partial charge in [-0.3, -0.25) is 9.58 Å². The Morgan fingerprint density at radius 3 is 2.41 bits per heavy atom. The first-order valence-electron chi connectivity index (χ1n) is 10.5. The SMILES string of the molecule is Cc1nn(CC23CCC(N(C(=O)O)C(C)(C)C)(CC2)CC3)c2c1CNCC2. The predicted molar refractivity (Wildman–Crippen MR) is 105 cm³/mol.